The number of carbonyl (C=O) groups is 2. The first-order chi connectivity index (χ1) is 15.7. The number of thiazole rings is 1. The van der Waals surface area contributed by atoms with Gasteiger partial charge in [0.25, 0.3) is 5.91 Å². The van der Waals surface area contributed by atoms with Gasteiger partial charge in [-0.1, -0.05) is 24.3 Å². The molecule has 3 aromatic rings. The Hall–Kier alpha value is -3.28. The van der Waals surface area contributed by atoms with Crippen LogP contribution in [-0.2, 0) is 26.0 Å². The minimum atomic E-state index is -3.71. The third kappa shape index (κ3) is 5.21. The maximum atomic E-state index is 12.6. The van der Waals surface area contributed by atoms with E-state index >= 15 is 0 Å². The Labute approximate surface area is 195 Å². The largest absolute Gasteiger partial charge is 0.376 e. The Morgan fingerprint density at radius 2 is 2.06 bits per heavy atom. The number of aromatic nitrogens is 2. The molecule has 0 saturated heterocycles. The van der Waals surface area contributed by atoms with Crippen molar-refractivity contribution >= 4 is 43.9 Å². The van der Waals surface area contributed by atoms with E-state index in [-0.39, 0.29) is 17.7 Å². The lowest BCUT2D eigenvalue weighted by molar-refractivity contribution is -0.115. The fraction of sp³-hybridized carbons (Fsp3) is 0.227. The average Bonchev–Trinajstić information content (AvgIpc) is 3.41. The van der Waals surface area contributed by atoms with Gasteiger partial charge in [-0.05, 0) is 29.7 Å². The fourth-order valence-electron chi connectivity index (χ4n) is 3.57. The van der Waals surface area contributed by atoms with Gasteiger partial charge < -0.3 is 15.8 Å². The summed E-state index contributed by atoms with van der Waals surface area (Å²) in [6, 6.07) is 9.22. The van der Waals surface area contributed by atoms with Crippen LogP contribution in [0, 0.1) is 0 Å². The topological polar surface area (TPSA) is 133 Å². The summed E-state index contributed by atoms with van der Waals surface area (Å²) >= 11 is 1.25. The Bertz CT molecular complexity index is 1350. The van der Waals surface area contributed by atoms with E-state index in [1.54, 1.807) is 0 Å². The summed E-state index contributed by atoms with van der Waals surface area (Å²) in [6.07, 6.45) is 4.89. The van der Waals surface area contributed by atoms with Crippen molar-refractivity contribution in [3.8, 4) is 11.3 Å². The quantitative estimate of drug-likeness (QED) is 0.527. The molecule has 172 valence electrons. The summed E-state index contributed by atoms with van der Waals surface area (Å²) < 4.78 is 30.4. The maximum Gasteiger partial charge on any atom is 0.250 e. The van der Waals surface area contributed by atoms with E-state index in [2.05, 4.69) is 16.4 Å². The number of benzene rings is 1. The lowest BCUT2D eigenvalue weighted by Crippen LogP contribution is -2.23. The Morgan fingerprint density at radius 3 is 2.76 bits per heavy atom. The van der Waals surface area contributed by atoms with Gasteiger partial charge in [0.15, 0.2) is 5.13 Å². The number of nitrogens with one attached hydrogen (secondary N) is 1. The number of nitrogens with zero attached hydrogens (tertiary/aromatic N) is 2. The van der Waals surface area contributed by atoms with Gasteiger partial charge in [-0.3, -0.25) is 9.59 Å². The lowest BCUT2D eigenvalue weighted by Gasteiger charge is -2.14. The van der Waals surface area contributed by atoms with Crippen LogP contribution in [0.4, 0.5) is 5.13 Å². The number of hydrogen-bond donors (Lipinski definition) is 2. The molecule has 1 aromatic carbocycles. The second-order valence-corrected chi connectivity index (χ2v) is 10.2. The molecule has 0 bridgehead atoms. The zero-order valence-electron chi connectivity index (χ0n) is 17.8. The standard InChI is InChI=1S/C22H22N4O5S2/c1-33(29,30)26-8-7-17(21(23)28)19(26)11-20(27)25-22-24-18(13-32-22)15-5-2-4-14(10-15)16-6-3-9-31-12-16/h2,4-8,10,13H,3,9,11-12H2,1H3,(H2,23,28)(H,24,25,27). The van der Waals surface area contributed by atoms with Crippen LogP contribution in [0.5, 0.6) is 0 Å². The fourth-order valence-corrected chi connectivity index (χ4v) is 5.15. The molecule has 1 aliphatic rings. The molecule has 1 aliphatic heterocycles. The Kier molecular flexibility index (Phi) is 6.45. The highest BCUT2D eigenvalue weighted by molar-refractivity contribution is 7.89. The predicted molar refractivity (Wildman–Crippen MR) is 126 cm³/mol. The number of nitrogens with two attached hydrogens (primary N) is 1. The summed E-state index contributed by atoms with van der Waals surface area (Å²) in [5, 5.41) is 4.86. The molecule has 0 atom stereocenters. The smallest absolute Gasteiger partial charge is 0.250 e. The van der Waals surface area contributed by atoms with Crippen LogP contribution >= 0.6 is 11.3 Å². The molecule has 11 heteroatoms. The summed E-state index contributed by atoms with van der Waals surface area (Å²) in [4.78, 5) is 28.8. The maximum absolute atomic E-state index is 12.6. The molecule has 0 unspecified atom stereocenters. The van der Waals surface area contributed by atoms with E-state index in [1.807, 2.05) is 29.6 Å². The highest BCUT2D eigenvalue weighted by atomic mass is 32.2. The van der Waals surface area contributed by atoms with E-state index in [9.17, 15) is 18.0 Å². The van der Waals surface area contributed by atoms with Crippen molar-refractivity contribution in [1.82, 2.24) is 8.96 Å². The highest BCUT2D eigenvalue weighted by Gasteiger charge is 2.22. The number of amides is 2. The van der Waals surface area contributed by atoms with Gasteiger partial charge in [0.2, 0.25) is 15.9 Å². The van der Waals surface area contributed by atoms with E-state index in [0.717, 1.165) is 40.0 Å². The third-order valence-corrected chi connectivity index (χ3v) is 6.91. The van der Waals surface area contributed by atoms with E-state index in [4.69, 9.17) is 10.5 Å². The Balaban J connectivity index is 1.51. The van der Waals surface area contributed by atoms with Gasteiger partial charge >= 0.3 is 0 Å². The van der Waals surface area contributed by atoms with Crippen LogP contribution in [-0.4, -0.2) is 48.7 Å². The van der Waals surface area contributed by atoms with Crippen LogP contribution in [0.15, 0.2) is 48.0 Å². The molecule has 0 fully saturated rings. The van der Waals surface area contributed by atoms with Crippen LogP contribution < -0.4 is 11.1 Å². The summed E-state index contributed by atoms with van der Waals surface area (Å²) in [5.74, 6) is -1.32. The zero-order chi connectivity index (χ0) is 23.6. The first-order valence-corrected chi connectivity index (χ1v) is 12.8. The normalized spacial score (nSPS) is 14.0. The lowest BCUT2D eigenvalue weighted by atomic mass is 10.0. The molecule has 2 aromatic heterocycles. The minimum absolute atomic E-state index is 0.00922. The molecule has 0 spiro atoms. The van der Waals surface area contributed by atoms with Gasteiger partial charge in [0.05, 0.1) is 42.8 Å². The van der Waals surface area contributed by atoms with E-state index < -0.39 is 21.8 Å². The zero-order valence-corrected chi connectivity index (χ0v) is 19.4. The molecule has 33 heavy (non-hydrogen) atoms. The van der Waals surface area contributed by atoms with Crippen molar-refractivity contribution in [2.75, 3.05) is 24.8 Å². The van der Waals surface area contributed by atoms with Crippen LogP contribution in [0.25, 0.3) is 16.8 Å². The molecular weight excluding hydrogens is 464 g/mol. The first-order valence-electron chi connectivity index (χ1n) is 10.1. The van der Waals surface area contributed by atoms with E-state index in [0.29, 0.717) is 17.4 Å². The molecule has 2 amide bonds. The van der Waals surface area contributed by atoms with Crippen molar-refractivity contribution < 1.29 is 22.7 Å². The SMILES string of the molecule is CS(=O)(=O)n1ccc(C(N)=O)c1CC(=O)Nc1nc(-c2cccc(C3=CCCOC3)c2)cs1. The van der Waals surface area contributed by atoms with Crippen molar-refractivity contribution in [2.24, 2.45) is 5.73 Å². The van der Waals surface area contributed by atoms with Crippen LogP contribution in [0.1, 0.15) is 28.0 Å². The number of anilines is 1. The molecule has 0 aliphatic carbocycles. The van der Waals surface area contributed by atoms with Gasteiger partial charge in [-0.25, -0.2) is 17.4 Å². The second-order valence-electron chi connectivity index (χ2n) is 7.51. The third-order valence-electron chi connectivity index (χ3n) is 5.09. The van der Waals surface area contributed by atoms with Gasteiger partial charge in [-0.15, -0.1) is 11.3 Å². The van der Waals surface area contributed by atoms with Gasteiger partial charge in [0, 0.05) is 17.1 Å². The second kappa shape index (κ2) is 9.30. The monoisotopic (exact) mass is 486 g/mol. The number of hydrogen-bond acceptors (Lipinski definition) is 7. The van der Waals surface area contributed by atoms with Crippen molar-refractivity contribution in [1.29, 1.82) is 0 Å². The summed E-state index contributed by atoms with van der Waals surface area (Å²) in [7, 11) is -3.71. The first kappa shape index (κ1) is 22.9. The number of ether oxygens (including phenoxy) is 1. The number of carbonyl (C=O) groups excluding carboxylic acids is 2. The molecule has 0 radical (unpaired) electrons. The highest BCUT2D eigenvalue weighted by Crippen LogP contribution is 2.28. The average molecular weight is 487 g/mol. The number of rotatable bonds is 7. The molecule has 4 rings (SSSR count). The van der Waals surface area contributed by atoms with Gasteiger partial charge in [-0.2, -0.15) is 0 Å². The van der Waals surface area contributed by atoms with E-state index in [1.165, 1.54) is 23.6 Å². The minimum Gasteiger partial charge on any atom is -0.376 e. The predicted octanol–water partition coefficient (Wildman–Crippen LogP) is 2.50. The number of primary amides is 1. The van der Waals surface area contributed by atoms with Gasteiger partial charge in [0.1, 0.15) is 0 Å². The molecule has 0 saturated carbocycles. The van der Waals surface area contributed by atoms with Crippen LogP contribution in [0.3, 0.4) is 0 Å². The molecular formula is C22H22N4O5S2. The molecule has 9 nitrogen and oxygen atoms in total. The van der Waals surface area contributed by atoms with Crippen molar-refractivity contribution in [3.63, 3.8) is 0 Å². The summed E-state index contributed by atoms with van der Waals surface area (Å²) in [6.45, 7) is 1.30. The van der Waals surface area contributed by atoms with Crippen molar-refractivity contribution in [3.05, 3.63) is 64.8 Å². The summed E-state index contributed by atoms with van der Waals surface area (Å²) in [5.41, 5.74) is 9.11. The molecule has 3 N–H and O–H groups in total. The molecule has 3 heterocycles. The van der Waals surface area contributed by atoms with Crippen molar-refractivity contribution in [2.45, 2.75) is 12.8 Å². The van der Waals surface area contributed by atoms with Crippen LogP contribution in [0.2, 0.25) is 0 Å². The Morgan fingerprint density at radius 1 is 1.27 bits per heavy atom.